The van der Waals surface area contributed by atoms with Crippen LogP contribution in [0.1, 0.15) is 49.1 Å². The van der Waals surface area contributed by atoms with Crippen molar-refractivity contribution in [1.29, 1.82) is 5.26 Å². The van der Waals surface area contributed by atoms with E-state index in [0.717, 1.165) is 68.0 Å². The van der Waals surface area contributed by atoms with Crippen LogP contribution in [-0.4, -0.2) is 49.2 Å². The number of imidazole rings is 1. The number of hydrogen-bond donors (Lipinski definition) is 3. The van der Waals surface area contributed by atoms with Gasteiger partial charge in [0.25, 0.3) is 0 Å². The van der Waals surface area contributed by atoms with Gasteiger partial charge in [-0.25, -0.2) is 4.98 Å². The van der Waals surface area contributed by atoms with Gasteiger partial charge in [0.1, 0.15) is 0 Å². The number of hydrogen-bond acceptors (Lipinski definition) is 5. The van der Waals surface area contributed by atoms with Gasteiger partial charge in [0.2, 0.25) is 5.95 Å². The van der Waals surface area contributed by atoms with E-state index in [0.29, 0.717) is 22.0 Å². The smallest absolute Gasteiger partial charge is 0.204 e. The van der Waals surface area contributed by atoms with E-state index in [2.05, 4.69) is 38.7 Å². The molecule has 0 radical (unpaired) electrons. The van der Waals surface area contributed by atoms with Gasteiger partial charge < -0.3 is 20.5 Å². The molecular formula is C26H32Cl2N6. The summed E-state index contributed by atoms with van der Waals surface area (Å²) < 4.78 is 0. The molecule has 6 nitrogen and oxygen atoms in total. The molecule has 0 bridgehead atoms. The van der Waals surface area contributed by atoms with Crippen molar-refractivity contribution < 1.29 is 0 Å². The average Bonchev–Trinajstić information content (AvgIpc) is 3.26. The molecule has 1 aromatic heterocycles. The van der Waals surface area contributed by atoms with E-state index in [1.165, 1.54) is 18.4 Å². The zero-order valence-corrected chi connectivity index (χ0v) is 21.1. The van der Waals surface area contributed by atoms with Gasteiger partial charge in [-0.05, 0) is 62.7 Å². The maximum absolute atomic E-state index is 9.44. The number of likely N-dealkylation sites (N-methyl/N-ethyl adjacent to an activating group) is 1. The lowest BCUT2D eigenvalue weighted by atomic mass is 9.79. The molecule has 1 aliphatic carbocycles. The Balaban J connectivity index is 1.63. The first-order valence-electron chi connectivity index (χ1n) is 12.1. The van der Waals surface area contributed by atoms with Gasteiger partial charge in [-0.15, -0.1) is 0 Å². The van der Waals surface area contributed by atoms with E-state index in [4.69, 9.17) is 28.2 Å². The second-order valence-corrected chi connectivity index (χ2v) is 9.75. The van der Waals surface area contributed by atoms with Crippen molar-refractivity contribution in [2.75, 3.05) is 38.1 Å². The SMILES string of the molecule is CNCCNCCCN(c1nc2cc(Cl)c(Cl)cc2[nH]1)[C@@H]1CCCC[C@H]1c1cccc(C#N)c1. The van der Waals surface area contributed by atoms with Crippen LogP contribution in [0.25, 0.3) is 11.0 Å². The third kappa shape index (κ3) is 5.84. The Hall–Kier alpha value is -2.30. The Morgan fingerprint density at radius 3 is 2.76 bits per heavy atom. The predicted octanol–water partition coefficient (Wildman–Crippen LogP) is 5.47. The number of anilines is 1. The maximum atomic E-state index is 9.44. The molecule has 3 N–H and O–H groups in total. The Labute approximate surface area is 211 Å². The van der Waals surface area contributed by atoms with Crippen molar-refractivity contribution in [2.45, 2.75) is 44.1 Å². The summed E-state index contributed by atoms with van der Waals surface area (Å²) in [5, 5.41) is 17.1. The van der Waals surface area contributed by atoms with Crippen molar-refractivity contribution >= 4 is 40.2 Å². The second kappa shape index (κ2) is 11.9. The number of aromatic nitrogens is 2. The van der Waals surface area contributed by atoms with E-state index < -0.39 is 0 Å². The second-order valence-electron chi connectivity index (χ2n) is 8.94. The summed E-state index contributed by atoms with van der Waals surface area (Å²) >= 11 is 12.5. The number of rotatable bonds is 10. The van der Waals surface area contributed by atoms with Gasteiger partial charge in [0.15, 0.2) is 0 Å². The van der Waals surface area contributed by atoms with Crippen LogP contribution < -0.4 is 15.5 Å². The molecule has 1 saturated carbocycles. The summed E-state index contributed by atoms with van der Waals surface area (Å²) in [6, 6.07) is 14.4. The van der Waals surface area contributed by atoms with Gasteiger partial charge in [-0.3, -0.25) is 0 Å². The maximum Gasteiger partial charge on any atom is 0.204 e. The minimum absolute atomic E-state index is 0.298. The fourth-order valence-corrected chi connectivity index (χ4v) is 5.30. The lowest BCUT2D eigenvalue weighted by molar-refractivity contribution is 0.359. The highest BCUT2D eigenvalue weighted by Gasteiger charge is 2.33. The molecule has 2 atom stereocenters. The number of halogens is 2. The van der Waals surface area contributed by atoms with Crippen LogP contribution >= 0.6 is 23.2 Å². The quantitative estimate of drug-likeness (QED) is 0.322. The van der Waals surface area contributed by atoms with Crippen molar-refractivity contribution in [1.82, 2.24) is 20.6 Å². The Bertz CT molecular complexity index is 1100. The van der Waals surface area contributed by atoms with Crippen molar-refractivity contribution in [3.8, 4) is 6.07 Å². The third-order valence-corrected chi connectivity index (χ3v) is 7.38. The van der Waals surface area contributed by atoms with Crippen LogP contribution in [0.3, 0.4) is 0 Å². The fourth-order valence-electron chi connectivity index (χ4n) is 4.98. The summed E-state index contributed by atoms with van der Waals surface area (Å²) in [7, 11) is 1.97. The van der Waals surface area contributed by atoms with Gasteiger partial charge in [0.05, 0.1) is 32.7 Å². The molecule has 1 fully saturated rings. The molecule has 0 aliphatic heterocycles. The lowest BCUT2D eigenvalue weighted by Crippen LogP contribution is -2.43. The Kier molecular flexibility index (Phi) is 8.69. The zero-order chi connectivity index (χ0) is 23.9. The Morgan fingerprint density at radius 2 is 1.94 bits per heavy atom. The molecule has 180 valence electrons. The van der Waals surface area contributed by atoms with E-state index in [1.807, 2.05) is 31.3 Å². The van der Waals surface area contributed by atoms with Crippen LogP contribution in [0, 0.1) is 11.3 Å². The molecule has 0 saturated heterocycles. The molecule has 4 rings (SSSR count). The highest BCUT2D eigenvalue weighted by atomic mass is 35.5. The normalized spacial score (nSPS) is 18.2. The number of benzene rings is 2. The first kappa shape index (κ1) is 24.8. The standard InChI is InChI=1S/C26H32Cl2N6/c1-30-11-12-31-10-5-13-34(26-32-23-15-21(27)22(28)16-24(23)33-26)25-9-3-2-8-20(25)19-7-4-6-18(14-19)17-29/h4,6-7,14-16,20,25,30-31H,2-3,5,8-13H2,1H3,(H,32,33)/t20-,25+/m0/s1. The summed E-state index contributed by atoms with van der Waals surface area (Å²) in [4.78, 5) is 10.9. The third-order valence-electron chi connectivity index (χ3n) is 6.66. The first-order valence-corrected chi connectivity index (χ1v) is 12.8. The average molecular weight is 499 g/mol. The van der Waals surface area contributed by atoms with Crippen molar-refractivity contribution in [3.05, 3.63) is 57.6 Å². The number of fused-ring (bicyclic) bond motifs is 1. The van der Waals surface area contributed by atoms with Gasteiger partial charge >= 0.3 is 0 Å². The van der Waals surface area contributed by atoms with Crippen LogP contribution in [0.4, 0.5) is 5.95 Å². The molecule has 0 spiro atoms. The molecule has 0 amide bonds. The highest BCUT2D eigenvalue weighted by molar-refractivity contribution is 6.42. The molecule has 34 heavy (non-hydrogen) atoms. The number of nitrogens with one attached hydrogen (secondary N) is 3. The topological polar surface area (TPSA) is 79.8 Å². The summed E-state index contributed by atoms with van der Waals surface area (Å²) in [6.45, 7) is 3.73. The lowest BCUT2D eigenvalue weighted by Gasteiger charge is -2.40. The molecule has 1 heterocycles. The molecule has 8 heteroatoms. The van der Waals surface area contributed by atoms with Crippen LogP contribution in [0.5, 0.6) is 0 Å². The Morgan fingerprint density at radius 1 is 1.12 bits per heavy atom. The number of nitriles is 1. The minimum Gasteiger partial charge on any atom is -0.339 e. The van der Waals surface area contributed by atoms with E-state index in [1.54, 1.807) is 0 Å². The molecule has 1 aliphatic rings. The number of nitrogens with zero attached hydrogens (tertiary/aromatic N) is 3. The van der Waals surface area contributed by atoms with Gasteiger partial charge in [-0.2, -0.15) is 5.26 Å². The zero-order valence-electron chi connectivity index (χ0n) is 19.6. The van der Waals surface area contributed by atoms with E-state index in [-0.39, 0.29) is 0 Å². The van der Waals surface area contributed by atoms with E-state index >= 15 is 0 Å². The number of aromatic amines is 1. The monoisotopic (exact) mass is 498 g/mol. The molecule has 3 aromatic rings. The molecular weight excluding hydrogens is 467 g/mol. The van der Waals surface area contributed by atoms with Gasteiger partial charge in [-0.1, -0.05) is 48.2 Å². The summed E-state index contributed by atoms with van der Waals surface area (Å²) in [5.74, 6) is 1.21. The summed E-state index contributed by atoms with van der Waals surface area (Å²) in [6.07, 6.45) is 5.59. The summed E-state index contributed by atoms with van der Waals surface area (Å²) in [5.41, 5.74) is 3.67. The van der Waals surface area contributed by atoms with E-state index in [9.17, 15) is 5.26 Å². The van der Waals surface area contributed by atoms with Gasteiger partial charge in [0, 0.05) is 31.6 Å². The van der Waals surface area contributed by atoms with Crippen molar-refractivity contribution in [3.63, 3.8) is 0 Å². The predicted molar refractivity (Wildman–Crippen MR) is 141 cm³/mol. The minimum atomic E-state index is 0.298. The van der Waals surface area contributed by atoms with Crippen LogP contribution in [-0.2, 0) is 0 Å². The number of H-pyrrole nitrogens is 1. The first-order chi connectivity index (χ1) is 16.6. The highest BCUT2D eigenvalue weighted by Crippen LogP contribution is 2.38. The molecule has 0 unspecified atom stereocenters. The van der Waals surface area contributed by atoms with Crippen LogP contribution in [0.2, 0.25) is 10.0 Å². The van der Waals surface area contributed by atoms with Crippen molar-refractivity contribution in [2.24, 2.45) is 0 Å². The largest absolute Gasteiger partial charge is 0.339 e. The fraction of sp³-hybridized carbons (Fsp3) is 0.462. The molecule has 2 aromatic carbocycles. The van der Waals surface area contributed by atoms with Crippen LogP contribution in [0.15, 0.2) is 36.4 Å².